The van der Waals surface area contributed by atoms with Gasteiger partial charge in [0.2, 0.25) is 0 Å². The molecule has 118 valence electrons. The van der Waals surface area contributed by atoms with E-state index in [4.69, 9.17) is 16.3 Å². The second kappa shape index (κ2) is 7.96. The van der Waals surface area contributed by atoms with Crippen molar-refractivity contribution in [3.63, 3.8) is 0 Å². The molecule has 5 nitrogen and oxygen atoms in total. The highest BCUT2D eigenvalue weighted by Crippen LogP contribution is 2.29. The lowest BCUT2D eigenvalue weighted by Crippen LogP contribution is -2.31. The van der Waals surface area contributed by atoms with Crippen molar-refractivity contribution in [1.82, 2.24) is 10.3 Å². The predicted molar refractivity (Wildman–Crippen MR) is 86.2 cm³/mol. The van der Waals surface area contributed by atoms with Gasteiger partial charge in [-0.15, -0.1) is 0 Å². The number of benzene rings is 1. The van der Waals surface area contributed by atoms with E-state index >= 15 is 0 Å². The normalized spacial score (nSPS) is 12.1. The minimum atomic E-state index is -0.384. The van der Waals surface area contributed by atoms with E-state index in [1.807, 2.05) is 13.0 Å². The Balaban J connectivity index is 1.92. The molecule has 2 N–H and O–H groups in total. The number of aromatic nitrogens is 1. The SMILES string of the molecule is CCC(O)CCNC(=O)COc1ccc(Cl)c2cccnc12. The van der Waals surface area contributed by atoms with E-state index in [1.54, 1.807) is 24.4 Å². The first kappa shape index (κ1) is 16.5. The Morgan fingerprint density at radius 1 is 1.45 bits per heavy atom. The van der Waals surface area contributed by atoms with Crippen molar-refractivity contribution in [3.8, 4) is 5.75 Å². The Morgan fingerprint density at radius 2 is 2.27 bits per heavy atom. The zero-order valence-corrected chi connectivity index (χ0v) is 13.1. The molecular weight excluding hydrogens is 304 g/mol. The van der Waals surface area contributed by atoms with Crippen molar-refractivity contribution in [3.05, 3.63) is 35.5 Å². The monoisotopic (exact) mass is 322 g/mol. The average molecular weight is 323 g/mol. The molecule has 0 aliphatic rings. The molecule has 0 radical (unpaired) electrons. The molecule has 1 aromatic carbocycles. The van der Waals surface area contributed by atoms with Gasteiger partial charge in [0.15, 0.2) is 6.61 Å². The van der Waals surface area contributed by atoms with Gasteiger partial charge in [0.25, 0.3) is 5.91 Å². The third-order valence-electron chi connectivity index (χ3n) is 3.31. The average Bonchev–Trinajstić information content (AvgIpc) is 2.54. The first-order chi connectivity index (χ1) is 10.6. The van der Waals surface area contributed by atoms with E-state index in [2.05, 4.69) is 10.3 Å². The number of hydrogen-bond acceptors (Lipinski definition) is 4. The van der Waals surface area contributed by atoms with Crippen molar-refractivity contribution in [2.24, 2.45) is 0 Å². The van der Waals surface area contributed by atoms with Crippen molar-refractivity contribution < 1.29 is 14.6 Å². The largest absolute Gasteiger partial charge is 0.481 e. The summed E-state index contributed by atoms with van der Waals surface area (Å²) in [6, 6.07) is 7.07. The van der Waals surface area contributed by atoms with Gasteiger partial charge in [-0.05, 0) is 37.1 Å². The van der Waals surface area contributed by atoms with Crippen LogP contribution in [0.15, 0.2) is 30.5 Å². The molecule has 0 bridgehead atoms. The number of hydrogen-bond donors (Lipinski definition) is 2. The van der Waals surface area contributed by atoms with Crippen LogP contribution < -0.4 is 10.1 Å². The van der Waals surface area contributed by atoms with Gasteiger partial charge >= 0.3 is 0 Å². The third kappa shape index (κ3) is 4.32. The minimum absolute atomic E-state index is 0.102. The Labute approximate surface area is 134 Å². The fraction of sp³-hybridized carbons (Fsp3) is 0.375. The van der Waals surface area contributed by atoms with Gasteiger partial charge in [0.1, 0.15) is 11.3 Å². The number of carbonyl (C=O) groups excluding carboxylic acids is 1. The van der Waals surface area contributed by atoms with E-state index in [0.717, 1.165) is 5.39 Å². The molecule has 0 saturated carbocycles. The smallest absolute Gasteiger partial charge is 0.257 e. The zero-order valence-electron chi connectivity index (χ0n) is 12.4. The minimum Gasteiger partial charge on any atom is -0.481 e. The fourth-order valence-corrected chi connectivity index (χ4v) is 2.22. The Bertz CT molecular complexity index is 648. The van der Waals surface area contributed by atoms with Crippen molar-refractivity contribution in [2.45, 2.75) is 25.9 Å². The predicted octanol–water partition coefficient (Wildman–Crippen LogP) is 2.54. The molecule has 0 spiro atoms. The maximum atomic E-state index is 11.7. The van der Waals surface area contributed by atoms with Crippen LogP contribution in [0, 0.1) is 0 Å². The van der Waals surface area contributed by atoms with E-state index in [-0.39, 0.29) is 18.6 Å². The van der Waals surface area contributed by atoms with Crippen LogP contribution in [-0.4, -0.2) is 35.3 Å². The maximum Gasteiger partial charge on any atom is 0.257 e. The number of nitrogens with zero attached hydrogens (tertiary/aromatic N) is 1. The lowest BCUT2D eigenvalue weighted by molar-refractivity contribution is -0.123. The molecule has 1 heterocycles. The van der Waals surface area contributed by atoms with Gasteiger partial charge in [0.05, 0.1) is 11.1 Å². The summed E-state index contributed by atoms with van der Waals surface area (Å²) >= 11 is 6.11. The molecule has 2 rings (SSSR count). The van der Waals surface area contributed by atoms with Crippen LogP contribution >= 0.6 is 11.6 Å². The summed E-state index contributed by atoms with van der Waals surface area (Å²) in [4.78, 5) is 16.0. The summed E-state index contributed by atoms with van der Waals surface area (Å²) in [7, 11) is 0. The molecule has 22 heavy (non-hydrogen) atoms. The van der Waals surface area contributed by atoms with Crippen LogP contribution in [-0.2, 0) is 4.79 Å². The highest BCUT2D eigenvalue weighted by atomic mass is 35.5. The molecule has 0 aliphatic carbocycles. The van der Waals surface area contributed by atoms with Gasteiger partial charge in [-0.2, -0.15) is 0 Å². The van der Waals surface area contributed by atoms with Crippen LogP contribution in [0.25, 0.3) is 10.9 Å². The van der Waals surface area contributed by atoms with E-state index in [1.165, 1.54) is 0 Å². The number of pyridine rings is 1. The van der Waals surface area contributed by atoms with Gasteiger partial charge in [-0.3, -0.25) is 9.78 Å². The van der Waals surface area contributed by atoms with Gasteiger partial charge in [-0.1, -0.05) is 18.5 Å². The molecule has 0 saturated heterocycles. The Kier molecular flexibility index (Phi) is 5.98. The van der Waals surface area contributed by atoms with Crippen LogP contribution in [0.1, 0.15) is 19.8 Å². The number of amides is 1. The van der Waals surface area contributed by atoms with Crippen molar-refractivity contribution in [1.29, 1.82) is 0 Å². The second-order valence-electron chi connectivity index (χ2n) is 4.93. The topological polar surface area (TPSA) is 71.5 Å². The number of halogens is 1. The standard InChI is InChI=1S/C16H19ClN2O3/c1-2-11(20)7-9-18-15(21)10-22-14-6-5-13(17)12-4-3-8-19-16(12)14/h3-6,8,11,20H,2,7,9-10H2,1H3,(H,18,21). The molecule has 1 atom stereocenters. The van der Waals surface area contributed by atoms with Gasteiger partial charge in [-0.25, -0.2) is 0 Å². The summed E-state index contributed by atoms with van der Waals surface area (Å²) < 4.78 is 5.52. The fourth-order valence-electron chi connectivity index (χ4n) is 2.01. The second-order valence-corrected chi connectivity index (χ2v) is 5.34. The number of ether oxygens (including phenoxy) is 1. The van der Waals surface area contributed by atoms with Crippen LogP contribution in [0.2, 0.25) is 5.02 Å². The number of fused-ring (bicyclic) bond motifs is 1. The Hall–Kier alpha value is -1.85. The lowest BCUT2D eigenvalue weighted by atomic mass is 10.2. The van der Waals surface area contributed by atoms with Crippen molar-refractivity contribution in [2.75, 3.05) is 13.2 Å². The number of nitrogens with one attached hydrogen (secondary N) is 1. The molecule has 0 fully saturated rings. The van der Waals surface area contributed by atoms with E-state index < -0.39 is 0 Å². The van der Waals surface area contributed by atoms with Crippen LogP contribution in [0.4, 0.5) is 0 Å². The quantitative estimate of drug-likeness (QED) is 0.821. The van der Waals surface area contributed by atoms with Crippen molar-refractivity contribution >= 4 is 28.4 Å². The summed E-state index contributed by atoms with van der Waals surface area (Å²) in [5.41, 5.74) is 0.629. The van der Waals surface area contributed by atoms with Gasteiger partial charge < -0.3 is 15.2 Å². The summed E-state index contributed by atoms with van der Waals surface area (Å²) in [6.45, 7) is 2.22. The highest BCUT2D eigenvalue weighted by Gasteiger charge is 2.09. The molecule has 1 amide bonds. The summed E-state index contributed by atoms with van der Waals surface area (Å²) in [5, 5.41) is 13.5. The molecule has 2 aromatic rings. The van der Waals surface area contributed by atoms with Crippen LogP contribution in [0.3, 0.4) is 0 Å². The molecule has 6 heteroatoms. The number of carbonyl (C=O) groups is 1. The number of aliphatic hydroxyl groups excluding tert-OH is 1. The van der Waals surface area contributed by atoms with Gasteiger partial charge in [0, 0.05) is 18.1 Å². The summed E-state index contributed by atoms with van der Waals surface area (Å²) in [6.07, 6.45) is 2.48. The number of aliphatic hydroxyl groups is 1. The van der Waals surface area contributed by atoms with E-state index in [9.17, 15) is 9.90 Å². The third-order valence-corrected chi connectivity index (χ3v) is 3.64. The first-order valence-electron chi connectivity index (χ1n) is 7.22. The summed E-state index contributed by atoms with van der Waals surface area (Å²) in [5.74, 6) is 0.283. The van der Waals surface area contributed by atoms with Crippen LogP contribution in [0.5, 0.6) is 5.75 Å². The lowest BCUT2D eigenvalue weighted by Gasteiger charge is -2.11. The maximum absolute atomic E-state index is 11.7. The first-order valence-corrected chi connectivity index (χ1v) is 7.60. The van der Waals surface area contributed by atoms with E-state index in [0.29, 0.717) is 35.7 Å². The highest BCUT2D eigenvalue weighted by molar-refractivity contribution is 6.35. The molecule has 0 aliphatic heterocycles. The number of rotatable bonds is 7. The molecule has 1 aromatic heterocycles. The Morgan fingerprint density at radius 3 is 3.05 bits per heavy atom. The molecule has 1 unspecified atom stereocenters. The zero-order chi connectivity index (χ0) is 15.9. The molecular formula is C16H19ClN2O3.